The van der Waals surface area contributed by atoms with Crippen LogP contribution in [0.1, 0.15) is 53.6 Å². The Morgan fingerprint density at radius 3 is 2.65 bits per heavy atom. The summed E-state index contributed by atoms with van der Waals surface area (Å²) >= 11 is 0. The monoisotopic (exact) mass is 290 g/mol. The molecule has 1 saturated carbocycles. The molecule has 1 aromatic rings. The Labute approximate surface area is 123 Å². The first-order valence-corrected chi connectivity index (χ1v) is 9.21. The molecule has 3 rings (SSSR count). The third kappa shape index (κ3) is 3.20. The second-order valence-corrected chi connectivity index (χ2v) is 7.66. The van der Waals surface area contributed by atoms with E-state index in [2.05, 4.69) is 6.07 Å². The molecule has 1 aromatic carbocycles. The molecule has 0 heterocycles. The maximum absolute atomic E-state index is 12.2. The van der Waals surface area contributed by atoms with E-state index in [0.29, 0.717) is 5.92 Å². The molecule has 0 radical (unpaired) electrons. The first kappa shape index (κ1) is 14.0. The van der Waals surface area contributed by atoms with Gasteiger partial charge in [0, 0.05) is 22.1 Å². The van der Waals surface area contributed by atoms with Crippen LogP contribution in [-0.2, 0) is 23.6 Å². The minimum atomic E-state index is -0.988. The second kappa shape index (κ2) is 6.21. The highest BCUT2D eigenvalue weighted by Gasteiger charge is 2.20. The van der Waals surface area contributed by atoms with Crippen LogP contribution in [0, 0.1) is 5.92 Å². The summed E-state index contributed by atoms with van der Waals surface area (Å²) in [4.78, 5) is 12.2. The number of rotatable bonds is 5. The maximum atomic E-state index is 12.2. The number of benzene rings is 1. The van der Waals surface area contributed by atoms with Crippen LogP contribution in [0.15, 0.2) is 18.2 Å². The molecule has 0 spiro atoms. The van der Waals surface area contributed by atoms with Gasteiger partial charge in [-0.3, -0.25) is 9.00 Å². The molecule has 1 fully saturated rings. The maximum Gasteiger partial charge on any atom is 0.175 e. The topological polar surface area (TPSA) is 34.1 Å². The summed E-state index contributed by atoms with van der Waals surface area (Å²) in [7, 11) is -0.988. The zero-order chi connectivity index (χ0) is 13.9. The van der Waals surface area contributed by atoms with E-state index in [1.54, 1.807) is 0 Å². The van der Waals surface area contributed by atoms with Crippen molar-refractivity contribution < 1.29 is 9.00 Å². The number of fused-ring (bicyclic) bond motifs is 1. The van der Waals surface area contributed by atoms with Crippen molar-refractivity contribution in [2.24, 2.45) is 5.92 Å². The van der Waals surface area contributed by atoms with E-state index in [9.17, 15) is 9.00 Å². The molecule has 0 aliphatic heterocycles. The SMILES string of the molecule is O=C(CS(=O)CC1CCCC1)c1ccc2c(c1)CCC2. The summed E-state index contributed by atoms with van der Waals surface area (Å²) < 4.78 is 12.1. The van der Waals surface area contributed by atoms with Gasteiger partial charge in [0.2, 0.25) is 0 Å². The van der Waals surface area contributed by atoms with E-state index in [-0.39, 0.29) is 11.5 Å². The minimum absolute atomic E-state index is 0.0519. The lowest BCUT2D eigenvalue weighted by Gasteiger charge is -2.08. The van der Waals surface area contributed by atoms with Crippen LogP contribution in [0.5, 0.6) is 0 Å². The first-order valence-electron chi connectivity index (χ1n) is 7.72. The summed E-state index contributed by atoms with van der Waals surface area (Å²) in [6.45, 7) is 0. The molecule has 0 saturated heterocycles. The molecule has 1 unspecified atom stereocenters. The molecule has 108 valence electrons. The van der Waals surface area contributed by atoms with Crippen LogP contribution in [-0.4, -0.2) is 21.5 Å². The van der Waals surface area contributed by atoms with Crippen LogP contribution in [0.3, 0.4) is 0 Å². The second-order valence-electron chi connectivity index (χ2n) is 6.16. The van der Waals surface area contributed by atoms with Gasteiger partial charge in [-0.05, 0) is 55.2 Å². The van der Waals surface area contributed by atoms with Gasteiger partial charge in [-0.1, -0.05) is 25.0 Å². The van der Waals surface area contributed by atoms with E-state index >= 15 is 0 Å². The van der Waals surface area contributed by atoms with Crippen LogP contribution in [0.25, 0.3) is 0 Å². The predicted octanol–water partition coefficient (Wildman–Crippen LogP) is 3.30. The van der Waals surface area contributed by atoms with E-state index in [0.717, 1.165) is 24.2 Å². The highest BCUT2D eigenvalue weighted by Crippen LogP contribution is 2.26. The Hall–Kier alpha value is -0.960. The van der Waals surface area contributed by atoms with E-state index in [1.807, 2.05) is 12.1 Å². The smallest absolute Gasteiger partial charge is 0.175 e. The van der Waals surface area contributed by atoms with E-state index in [4.69, 9.17) is 0 Å². The average molecular weight is 290 g/mol. The van der Waals surface area contributed by atoms with Crippen molar-refractivity contribution in [3.05, 3.63) is 34.9 Å². The van der Waals surface area contributed by atoms with Crippen molar-refractivity contribution in [3.8, 4) is 0 Å². The molecule has 0 bridgehead atoms. The fourth-order valence-electron chi connectivity index (χ4n) is 3.47. The van der Waals surface area contributed by atoms with Gasteiger partial charge in [0.05, 0.1) is 5.75 Å². The van der Waals surface area contributed by atoms with Crippen LogP contribution in [0.2, 0.25) is 0 Å². The Morgan fingerprint density at radius 2 is 1.85 bits per heavy atom. The summed E-state index contributed by atoms with van der Waals surface area (Å²) in [6, 6.07) is 6.02. The molecule has 0 aromatic heterocycles. The molecular weight excluding hydrogens is 268 g/mol. The summed E-state index contributed by atoms with van der Waals surface area (Å²) in [6.07, 6.45) is 8.33. The number of ketones is 1. The van der Waals surface area contributed by atoms with Gasteiger partial charge >= 0.3 is 0 Å². The molecule has 2 aliphatic carbocycles. The molecular formula is C17H22O2S. The van der Waals surface area contributed by atoms with E-state index in [1.165, 1.54) is 43.2 Å². The zero-order valence-corrected chi connectivity index (χ0v) is 12.7. The quantitative estimate of drug-likeness (QED) is 0.780. The fraction of sp³-hybridized carbons (Fsp3) is 0.588. The number of carbonyl (C=O) groups is 1. The van der Waals surface area contributed by atoms with Crippen molar-refractivity contribution in [1.82, 2.24) is 0 Å². The Morgan fingerprint density at radius 1 is 1.10 bits per heavy atom. The Kier molecular flexibility index (Phi) is 4.35. The molecule has 0 amide bonds. The highest BCUT2D eigenvalue weighted by molar-refractivity contribution is 7.85. The van der Waals surface area contributed by atoms with Gasteiger partial charge in [0.25, 0.3) is 0 Å². The average Bonchev–Trinajstić information content (AvgIpc) is 3.07. The van der Waals surface area contributed by atoms with Gasteiger partial charge in [-0.2, -0.15) is 0 Å². The first-order chi connectivity index (χ1) is 9.72. The number of carbonyl (C=O) groups excluding carboxylic acids is 1. The molecule has 1 atom stereocenters. The largest absolute Gasteiger partial charge is 0.293 e. The number of hydrogen-bond acceptors (Lipinski definition) is 2. The lowest BCUT2D eigenvalue weighted by atomic mass is 10.0. The van der Waals surface area contributed by atoms with Gasteiger partial charge in [-0.25, -0.2) is 0 Å². The van der Waals surface area contributed by atoms with Crippen LogP contribution < -0.4 is 0 Å². The van der Waals surface area contributed by atoms with Crippen molar-refractivity contribution in [2.45, 2.75) is 44.9 Å². The summed E-state index contributed by atoms with van der Waals surface area (Å²) in [5.74, 6) is 1.56. The summed E-state index contributed by atoms with van der Waals surface area (Å²) in [5, 5.41) is 0. The predicted molar refractivity (Wildman–Crippen MR) is 82.6 cm³/mol. The zero-order valence-electron chi connectivity index (χ0n) is 11.9. The van der Waals surface area contributed by atoms with Gasteiger partial charge in [0.1, 0.15) is 0 Å². The van der Waals surface area contributed by atoms with E-state index < -0.39 is 10.8 Å². The fourth-order valence-corrected chi connectivity index (χ4v) is 4.91. The standard InChI is InChI=1S/C17H22O2S/c18-17(12-20(19)11-13-4-1-2-5-13)16-9-8-14-6-3-7-15(14)10-16/h8-10,13H,1-7,11-12H2. The lowest BCUT2D eigenvalue weighted by molar-refractivity contribution is 0.102. The molecule has 0 N–H and O–H groups in total. The van der Waals surface area contributed by atoms with Gasteiger partial charge in [-0.15, -0.1) is 0 Å². The van der Waals surface area contributed by atoms with Crippen molar-refractivity contribution in [3.63, 3.8) is 0 Å². The third-order valence-electron chi connectivity index (χ3n) is 4.61. The molecule has 2 nitrogen and oxygen atoms in total. The van der Waals surface area contributed by atoms with Crippen LogP contribution in [0.4, 0.5) is 0 Å². The Balaban J connectivity index is 1.59. The van der Waals surface area contributed by atoms with Gasteiger partial charge < -0.3 is 0 Å². The molecule has 2 aliphatic rings. The van der Waals surface area contributed by atoms with Gasteiger partial charge in [0.15, 0.2) is 5.78 Å². The lowest BCUT2D eigenvalue weighted by Crippen LogP contribution is -2.17. The normalized spacial score (nSPS) is 20.0. The number of Topliss-reactive ketones (excluding diaryl/α,β-unsaturated/α-hetero) is 1. The summed E-state index contributed by atoms with van der Waals surface area (Å²) in [5.41, 5.74) is 3.46. The molecule has 20 heavy (non-hydrogen) atoms. The van der Waals surface area contributed by atoms with Crippen molar-refractivity contribution in [1.29, 1.82) is 0 Å². The number of aryl methyl sites for hydroxylation is 2. The molecule has 3 heteroatoms. The number of hydrogen-bond donors (Lipinski definition) is 0. The van der Waals surface area contributed by atoms with Crippen LogP contribution >= 0.6 is 0 Å². The third-order valence-corrected chi connectivity index (χ3v) is 6.04. The van der Waals surface area contributed by atoms with Crippen molar-refractivity contribution >= 4 is 16.6 Å². The Bertz CT molecular complexity index is 530. The minimum Gasteiger partial charge on any atom is -0.293 e. The van der Waals surface area contributed by atoms with Crippen molar-refractivity contribution in [2.75, 3.05) is 11.5 Å². The highest BCUT2D eigenvalue weighted by atomic mass is 32.2.